The third-order valence-electron chi connectivity index (χ3n) is 5.62. The van der Waals surface area contributed by atoms with E-state index in [0.717, 1.165) is 53.2 Å². The lowest BCUT2D eigenvalue weighted by Gasteiger charge is -2.21. The van der Waals surface area contributed by atoms with Crippen molar-refractivity contribution >= 4 is 5.57 Å². The smallest absolute Gasteiger partial charge is 0.0973 e. The van der Waals surface area contributed by atoms with E-state index in [0.29, 0.717) is 0 Å². The molecule has 0 saturated heterocycles. The molecule has 0 amide bonds. The maximum atomic E-state index is 5.30. The van der Waals surface area contributed by atoms with Crippen molar-refractivity contribution in [2.75, 3.05) is 0 Å². The topological polar surface area (TPSA) is 25.8 Å². The highest BCUT2D eigenvalue weighted by molar-refractivity contribution is 5.82. The van der Waals surface area contributed by atoms with Gasteiger partial charge >= 0.3 is 0 Å². The van der Waals surface area contributed by atoms with Gasteiger partial charge in [0.25, 0.3) is 0 Å². The lowest BCUT2D eigenvalue weighted by Crippen LogP contribution is -2.10. The summed E-state index contributed by atoms with van der Waals surface area (Å²) in [7, 11) is 0. The molecule has 2 heteroatoms. The van der Waals surface area contributed by atoms with Gasteiger partial charge in [0.1, 0.15) is 0 Å². The van der Waals surface area contributed by atoms with Gasteiger partial charge in [0.2, 0.25) is 0 Å². The van der Waals surface area contributed by atoms with Gasteiger partial charge in [0.05, 0.1) is 22.8 Å². The van der Waals surface area contributed by atoms with Crippen molar-refractivity contribution < 1.29 is 0 Å². The number of allylic oxidation sites excluding steroid dienone is 8. The Labute approximate surface area is 178 Å². The van der Waals surface area contributed by atoms with Gasteiger partial charge in [-0.15, -0.1) is 0 Å². The van der Waals surface area contributed by atoms with E-state index in [1.165, 1.54) is 5.57 Å². The molecule has 1 atom stereocenters. The van der Waals surface area contributed by atoms with Gasteiger partial charge in [0.15, 0.2) is 0 Å². The highest BCUT2D eigenvalue weighted by Gasteiger charge is 2.23. The number of nitrogens with zero attached hydrogens (tertiary/aromatic N) is 2. The van der Waals surface area contributed by atoms with Crippen molar-refractivity contribution in [2.24, 2.45) is 0 Å². The molecule has 5 rings (SSSR count). The molecule has 0 fully saturated rings. The van der Waals surface area contributed by atoms with E-state index in [-0.39, 0.29) is 5.92 Å². The molecule has 2 nitrogen and oxygen atoms in total. The van der Waals surface area contributed by atoms with Crippen LogP contribution in [0.5, 0.6) is 0 Å². The Morgan fingerprint density at radius 1 is 0.667 bits per heavy atom. The molecule has 146 valence electrons. The van der Waals surface area contributed by atoms with Crippen molar-refractivity contribution in [3.63, 3.8) is 0 Å². The molecule has 2 aliphatic rings. The second-order valence-corrected chi connectivity index (χ2v) is 7.68. The molecule has 1 unspecified atom stereocenters. The maximum Gasteiger partial charge on any atom is 0.0973 e. The number of hydrogen-bond donors (Lipinski definition) is 0. The molecular weight excluding hydrogens is 364 g/mol. The molecule has 1 aromatic heterocycles. The molecule has 0 bridgehead atoms. The Balaban J connectivity index is 1.77. The first-order valence-electron chi connectivity index (χ1n) is 10.6. The first kappa shape index (κ1) is 18.5. The summed E-state index contributed by atoms with van der Waals surface area (Å²) >= 11 is 0. The first-order valence-corrected chi connectivity index (χ1v) is 10.6. The summed E-state index contributed by atoms with van der Waals surface area (Å²) in [6, 6.07) is 20.8. The zero-order chi connectivity index (χ0) is 20.2. The average molecular weight is 389 g/mol. The predicted octanol–water partition coefficient (Wildman–Crippen LogP) is 7.14. The van der Waals surface area contributed by atoms with Gasteiger partial charge in [-0.1, -0.05) is 103 Å². The fraction of sp³-hybridized carbons (Fsp3) is 0.143. The van der Waals surface area contributed by atoms with Crippen molar-refractivity contribution in [2.45, 2.75) is 25.2 Å². The van der Waals surface area contributed by atoms with Gasteiger partial charge in [-0.25, -0.2) is 9.97 Å². The molecule has 2 aliphatic carbocycles. The fourth-order valence-corrected chi connectivity index (χ4v) is 4.09. The Hall–Kier alpha value is -3.52. The van der Waals surface area contributed by atoms with Gasteiger partial charge in [-0.05, 0) is 24.8 Å². The summed E-state index contributed by atoms with van der Waals surface area (Å²) in [6.45, 7) is 0. The van der Waals surface area contributed by atoms with Crippen molar-refractivity contribution in [1.82, 2.24) is 9.97 Å². The van der Waals surface area contributed by atoms with Crippen LogP contribution in [0.15, 0.2) is 103 Å². The van der Waals surface area contributed by atoms with Crippen LogP contribution in [0.3, 0.4) is 0 Å². The maximum absolute atomic E-state index is 5.30. The van der Waals surface area contributed by atoms with Gasteiger partial charge in [-0.3, -0.25) is 0 Å². The first-order chi connectivity index (χ1) is 14.9. The van der Waals surface area contributed by atoms with Gasteiger partial charge < -0.3 is 0 Å². The quantitative estimate of drug-likeness (QED) is 0.474. The van der Waals surface area contributed by atoms with E-state index in [9.17, 15) is 0 Å². The Kier molecular flexibility index (Phi) is 5.22. The highest BCUT2D eigenvalue weighted by Crippen LogP contribution is 2.37. The molecule has 0 N–H and O–H groups in total. The zero-order valence-corrected chi connectivity index (χ0v) is 16.9. The largest absolute Gasteiger partial charge is 0.248 e. The zero-order valence-electron chi connectivity index (χ0n) is 16.9. The number of hydrogen-bond acceptors (Lipinski definition) is 2. The second kappa shape index (κ2) is 8.46. The van der Waals surface area contributed by atoms with E-state index >= 15 is 0 Å². The van der Waals surface area contributed by atoms with Gasteiger partial charge in [-0.2, -0.15) is 0 Å². The van der Waals surface area contributed by atoms with Gasteiger partial charge in [0, 0.05) is 17.0 Å². The molecule has 0 aliphatic heterocycles. The van der Waals surface area contributed by atoms with Crippen molar-refractivity contribution in [3.8, 4) is 22.5 Å². The average Bonchev–Trinajstić information content (AvgIpc) is 2.85. The predicted molar refractivity (Wildman–Crippen MR) is 125 cm³/mol. The number of rotatable bonds is 4. The Morgan fingerprint density at radius 2 is 1.37 bits per heavy atom. The number of aromatic nitrogens is 2. The summed E-state index contributed by atoms with van der Waals surface area (Å²) < 4.78 is 0. The molecule has 0 spiro atoms. The van der Waals surface area contributed by atoms with Crippen LogP contribution in [-0.2, 0) is 0 Å². The monoisotopic (exact) mass is 388 g/mol. The summed E-state index contributed by atoms with van der Waals surface area (Å²) in [5.74, 6) is 0.237. The summed E-state index contributed by atoms with van der Waals surface area (Å²) in [6.07, 6.45) is 18.5. The Bertz CT molecular complexity index is 1150. The second-order valence-electron chi connectivity index (χ2n) is 7.68. The van der Waals surface area contributed by atoms with Crippen LogP contribution in [0.2, 0.25) is 0 Å². The van der Waals surface area contributed by atoms with E-state index in [2.05, 4.69) is 91.1 Å². The lowest BCUT2D eigenvalue weighted by molar-refractivity contribution is 0.803. The van der Waals surface area contributed by atoms with Crippen LogP contribution in [0.1, 0.15) is 36.6 Å². The molecule has 30 heavy (non-hydrogen) atoms. The third-order valence-corrected chi connectivity index (χ3v) is 5.62. The van der Waals surface area contributed by atoms with E-state index in [4.69, 9.17) is 9.97 Å². The van der Waals surface area contributed by atoms with E-state index in [1.54, 1.807) is 0 Å². The van der Waals surface area contributed by atoms with Crippen LogP contribution in [0.25, 0.3) is 28.1 Å². The molecule has 0 radical (unpaired) electrons. The van der Waals surface area contributed by atoms with Crippen LogP contribution in [-0.4, -0.2) is 9.97 Å². The SMILES string of the molecule is C1=CCC(c2nc(-c3ccccc3)c(-c3ccccc3)nc2C2=CCCC=C2)C=C1. The normalized spacial score (nSPS) is 17.7. The minimum Gasteiger partial charge on any atom is -0.248 e. The molecule has 2 aromatic carbocycles. The van der Waals surface area contributed by atoms with E-state index < -0.39 is 0 Å². The van der Waals surface area contributed by atoms with Crippen LogP contribution in [0, 0.1) is 0 Å². The van der Waals surface area contributed by atoms with Crippen LogP contribution < -0.4 is 0 Å². The summed E-state index contributed by atoms with van der Waals surface area (Å²) in [5.41, 5.74) is 7.33. The van der Waals surface area contributed by atoms with E-state index in [1.807, 2.05) is 12.1 Å². The van der Waals surface area contributed by atoms with Crippen molar-refractivity contribution in [1.29, 1.82) is 0 Å². The van der Waals surface area contributed by atoms with Crippen LogP contribution >= 0.6 is 0 Å². The van der Waals surface area contributed by atoms with Crippen molar-refractivity contribution in [3.05, 3.63) is 115 Å². The van der Waals surface area contributed by atoms with Crippen LogP contribution in [0.4, 0.5) is 0 Å². The minimum atomic E-state index is 0.237. The molecule has 3 aromatic rings. The Morgan fingerprint density at radius 3 is 1.97 bits per heavy atom. The third kappa shape index (κ3) is 3.69. The molecule has 0 saturated carbocycles. The summed E-state index contributed by atoms with van der Waals surface area (Å²) in [5, 5.41) is 0. The number of benzene rings is 2. The molecule has 1 heterocycles. The standard InChI is InChI=1S/C28H24N2/c1-5-13-21(14-6-1)25-26(22-15-7-2-8-16-22)30-28(24-19-11-4-12-20-24)27(29-25)23-17-9-3-10-18-23/h1-3,5-11,13-17,19-20,23H,4,12,18H2. The highest BCUT2D eigenvalue weighted by atomic mass is 14.9. The molecular formula is C28H24N2. The lowest BCUT2D eigenvalue weighted by atomic mass is 9.91. The minimum absolute atomic E-state index is 0.237. The summed E-state index contributed by atoms with van der Waals surface area (Å²) in [4.78, 5) is 10.6. The fourth-order valence-electron chi connectivity index (χ4n) is 4.09.